The summed E-state index contributed by atoms with van der Waals surface area (Å²) in [6.45, 7) is 4.08. The number of likely N-dealkylation sites (tertiary alicyclic amines) is 2. The monoisotopic (exact) mass is 328 g/mol. The number of piperidine rings is 2. The van der Waals surface area contributed by atoms with Crippen molar-refractivity contribution in [3.63, 3.8) is 0 Å². The number of hydrogen-bond acceptors (Lipinski definition) is 3. The van der Waals surface area contributed by atoms with Crippen LogP contribution in [0, 0.1) is 5.41 Å². The van der Waals surface area contributed by atoms with Crippen molar-refractivity contribution in [1.29, 1.82) is 0 Å². The summed E-state index contributed by atoms with van der Waals surface area (Å²) >= 11 is 0. The van der Waals surface area contributed by atoms with E-state index in [1.807, 2.05) is 6.07 Å². The lowest BCUT2D eigenvalue weighted by molar-refractivity contribution is -0.142. The quantitative estimate of drug-likeness (QED) is 0.922. The fourth-order valence-corrected chi connectivity index (χ4v) is 4.62. The molecule has 1 atom stereocenters. The SMILES string of the molecule is O=C1[C@H](c2ccccc2)CC2(CCN(CCO)CC2)CN1C1CC1. The molecule has 1 aliphatic carbocycles. The van der Waals surface area contributed by atoms with Crippen LogP contribution in [0.25, 0.3) is 0 Å². The Morgan fingerprint density at radius 1 is 1.12 bits per heavy atom. The third-order valence-electron chi connectivity index (χ3n) is 6.25. The zero-order chi connectivity index (χ0) is 16.6. The number of β-amino-alcohol motifs (C(OH)–C–C–N with tert-alkyl or cyclic N) is 1. The maximum Gasteiger partial charge on any atom is 0.230 e. The van der Waals surface area contributed by atoms with E-state index in [4.69, 9.17) is 0 Å². The summed E-state index contributed by atoms with van der Waals surface area (Å²) < 4.78 is 0. The number of aliphatic hydroxyl groups is 1. The van der Waals surface area contributed by atoms with Gasteiger partial charge in [-0.15, -0.1) is 0 Å². The number of carbonyl (C=O) groups is 1. The second kappa shape index (κ2) is 6.49. The van der Waals surface area contributed by atoms with Gasteiger partial charge in [0.15, 0.2) is 0 Å². The average molecular weight is 328 g/mol. The van der Waals surface area contributed by atoms with Crippen molar-refractivity contribution in [2.45, 2.75) is 44.1 Å². The molecule has 130 valence electrons. The summed E-state index contributed by atoms with van der Waals surface area (Å²) in [5, 5.41) is 9.17. The van der Waals surface area contributed by atoms with Crippen LogP contribution in [0.2, 0.25) is 0 Å². The van der Waals surface area contributed by atoms with Gasteiger partial charge in [-0.25, -0.2) is 0 Å². The molecule has 1 N–H and O–H groups in total. The first kappa shape index (κ1) is 16.1. The number of rotatable bonds is 4. The summed E-state index contributed by atoms with van der Waals surface area (Å²) in [4.78, 5) is 17.7. The number of amides is 1. The molecule has 4 nitrogen and oxygen atoms in total. The van der Waals surface area contributed by atoms with Crippen LogP contribution in [-0.2, 0) is 4.79 Å². The van der Waals surface area contributed by atoms with Crippen molar-refractivity contribution in [3.05, 3.63) is 35.9 Å². The first-order valence-electron chi connectivity index (χ1n) is 9.39. The predicted octanol–water partition coefficient (Wildman–Crippen LogP) is 2.24. The Labute approximate surface area is 144 Å². The molecule has 4 rings (SSSR count). The highest BCUT2D eigenvalue weighted by Gasteiger charge is 2.49. The standard InChI is InChI=1S/C20H28N2O2/c23-13-12-21-10-8-20(9-11-21)14-18(16-4-2-1-3-5-16)19(24)22(15-20)17-6-7-17/h1-5,17-18,23H,6-15H2/t18-/m0/s1. The lowest BCUT2D eigenvalue weighted by atomic mass is 9.67. The molecule has 2 aliphatic heterocycles. The third-order valence-corrected chi connectivity index (χ3v) is 6.25. The molecule has 1 spiro atoms. The molecule has 4 heteroatoms. The minimum atomic E-state index is 0.0324. The maximum atomic E-state index is 13.1. The minimum absolute atomic E-state index is 0.0324. The summed E-state index contributed by atoms with van der Waals surface area (Å²) in [7, 11) is 0. The van der Waals surface area contributed by atoms with Crippen molar-refractivity contribution in [3.8, 4) is 0 Å². The summed E-state index contributed by atoms with van der Waals surface area (Å²) in [6.07, 6.45) is 5.64. The van der Waals surface area contributed by atoms with E-state index >= 15 is 0 Å². The third kappa shape index (κ3) is 3.09. The van der Waals surface area contributed by atoms with Gasteiger partial charge < -0.3 is 14.9 Å². The molecule has 0 radical (unpaired) electrons. The molecule has 0 bridgehead atoms. The molecular formula is C20H28N2O2. The zero-order valence-corrected chi connectivity index (χ0v) is 14.4. The number of aliphatic hydroxyl groups excluding tert-OH is 1. The minimum Gasteiger partial charge on any atom is -0.395 e. The largest absolute Gasteiger partial charge is 0.395 e. The van der Waals surface area contributed by atoms with Gasteiger partial charge in [0.2, 0.25) is 5.91 Å². The van der Waals surface area contributed by atoms with Crippen LogP contribution < -0.4 is 0 Å². The molecule has 2 saturated heterocycles. The van der Waals surface area contributed by atoms with Crippen LogP contribution in [0.3, 0.4) is 0 Å². The Hall–Kier alpha value is -1.39. The van der Waals surface area contributed by atoms with E-state index in [0.29, 0.717) is 11.9 Å². The molecule has 3 fully saturated rings. The molecule has 0 aromatic heterocycles. The Kier molecular flexibility index (Phi) is 4.35. The van der Waals surface area contributed by atoms with Crippen LogP contribution in [0.5, 0.6) is 0 Å². The van der Waals surface area contributed by atoms with Gasteiger partial charge in [0.05, 0.1) is 12.5 Å². The van der Waals surface area contributed by atoms with Crippen molar-refractivity contribution < 1.29 is 9.90 Å². The highest BCUT2D eigenvalue weighted by molar-refractivity contribution is 5.85. The highest BCUT2D eigenvalue weighted by atomic mass is 16.3. The summed E-state index contributed by atoms with van der Waals surface area (Å²) in [6, 6.07) is 10.9. The second-order valence-electron chi connectivity index (χ2n) is 7.93. The van der Waals surface area contributed by atoms with Crippen molar-refractivity contribution in [2.75, 3.05) is 32.8 Å². The van der Waals surface area contributed by atoms with Gasteiger partial charge in [-0.1, -0.05) is 30.3 Å². The van der Waals surface area contributed by atoms with Gasteiger partial charge in [-0.05, 0) is 56.2 Å². The zero-order valence-electron chi connectivity index (χ0n) is 14.4. The van der Waals surface area contributed by atoms with E-state index in [1.54, 1.807) is 0 Å². The second-order valence-corrected chi connectivity index (χ2v) is 7.93. The van der Waals surface area contributed by atoms with Gasteiger partial charge in [-0.2, -0.15) is 0 Å². The van der Waals surface area contributed by atoms with Gasteiger partial charge in [0.25, 0.3) is 0 Å². The smallest absolute Gasteiger partial charge is 0.230 e. The van der Waals surface area contributed by atoms with Gasteiger partial charge >= 0.3 is 0 Å². The van der Waals surface area contributed by atoms with Gasteiger partial charge in [0.1, 0.15) is 0 Å². The number of hydrogen-bond donors (Lipinski definition) is 1. The topological polar surface area (TPSA) is 43.8 Å². The van der Waals surface area contributed by atoms with Crippen molar-refractivity contribution in [2.24, 2.45) is 5.41 Å². The lowest BCUT2D eigenvalue weighted by Crippen LogP contribution is -2.54. The van der Waals surface area contributed by atoms with E-state index in [0.717, 1.165) is 45.4 Å². The van der Waals surface area contributed by atoms with E-state index in [2.05, 4.69) is 34.1 Å². The van der Waals surface area contributed by atoms with E-state index < -0.39 is 0 Å². The molecule has 2 heterocycles. The molecular weight excluding hydrogens is 300 g/mol. The fraction of sp³-hybridized carbons (Fsp3) is 0.650. The maximum absolute atomic E-state index is 13.1. The first-order valence-corrected chi connectivity index (χ1v) is 9.39. The molecule has 3 aliphatic rings. The molecule has 1 amide bonds. The number of benzene rings is 1. The van der Waals surface area contributed by atoms with Gasteiger partial charge in [0, 0.05) is 19.1 Å². The lowest BCUT2D eigenvalue weighted by Gasteiger charge is -2.50. The van der Waals surface area contributed by atoms with Crippen molar-refractivity contribution in [1.82, 2.24) is 9.80 Å². The number of carbonyl (C=O) groups excluding carboxylic acids is 1. The van der Waals surface area contributed by atoms with Gasteiger partial charge in [-0.3, -0.25) is 4.79 Å². The summed E-state index contributed by atoms with van der Waals surface area (Å²) in [5.41, 5.74) is 1.45. The van der Waals surface area contributed by atoms with Crippen LogP contribution in [0.1, 0.15) is 43.6 Å². The summed E-state index contributed by atoms with van der Waals surface area (Å²) in [5.74, 6) is 0.386. The molecule has 1 aromatic carbocycles. The van der Waals surface area contributed by atoms with Crippen LogP contribution in [-0.4, -0.2) is 59.6 Å². The normalized spacial score (nSPS) is 27.6. The Morgan fingerprint density at radius 3 is 2.46 bits per heavy atom. The van der Waals surface area contributed by atoms with Crippen LogP contribution in [0.15, 0.2) is 30.3 Å². The Bertz CT molecular complexity index is 577. The Morgan fingerprint density at radius 2 is 1.83 bits per heavy atom. The van der Waals surface area contributed by atoms with Crippen LogP contribution in [0.4, 0.5) is 0 Å². The molecule has 0 unspecified atom stereocenters. The highest BCUT2D eigenvalue weighted by Crippen LogP contribution is 2.48. The molecule has 24 heavy (non-hydrogen) atoms. The molecule has 1 aromatic rings. The van der Waals surface area contributed by atoms with Crippen molar-refractivity contribution >= 4 is 5.91 Å². The predicted molar refractivity (Wildman–Crippen MR) is 93.7 cm³/mol. The van der Waals surface area contributed by atoms with E-state index in [9.17, 15) is 9.90 Å². The fourth-order valence-electron chi connectivity index (χ4n) is 4.62. The average Bonchev–Trinajstić information content (AvgIpc) is 3.45. The van der Waals surface area contributed by atoms with Crippen LogP contribution >= 0.6 is 0 Å². The first-order chi connectivity index (χ1) is 11.7. The molecule has 1 saturated carbocycles. The van der Waals surface area contributed by atoms with E-state index in [-0.39, 0.29) is 17.9 Å². The van der Waals surface area contributed by atoms with E-state index in [1.165, 1.54) is 18.4 Å². The number of nitrogens with zero attached hydrogens (tertiary/aromatic N) is 2. The Balaban J connectivity index is 1.56.